The van der Waals surface area contributed by atoms with E-state index in [1.807, 2.05) is 12.1 Å². The minimum absolute atomic E-state index is 0.0432. The molecule has 0 saturated heterocycles. The van der Waals surface area contributed by atoms with Crippen molar-refractivity contribution < 1.29 is 13.9 Å². The van der Waals surface area contributed by atoms with Crippen molar-refractivity contribution in [2.75, 3.05) is 26.8 Å². The highest BCUT2D eigenvalue weighted by molar-refractivity contribution is 14.1. The first-order valence-electron chi connectivity index (χ1n) is 4.93. The smallest absolute Gasteiger partial charge is 0.234 e. The number of carbonyl (C=O) groups excluding carboxylic acids is 1. The minimum atomic E-state index is -0.0432. The molecule has 0 aliphatic heterocycles. The molecule has 0 unspecified atom stereocenters. The molecule has 0 radical (unpaired) electrons. The van der Waals surface area contributed by atoms with Crippen molar-refractivity contribution in [3.63, 3.8) is 0 Å². The van der Waals surface area contributed by atoms with Crippen molar-refractivity contribution in [1.29, 1.82) is 0 Å². The second kappa shape index (κ2) is 7.64. The van der Waals surface area contributed by atoms with Crippen molar-refractivity contribution in [3.05, 3.63) is 21.7 Å². The van der Waals surface area contributed by atoms with Crippen LogP contribution in [0.4, 0.5) is 0 Å². The molecule has 0 aliphatic carbocycles. The van der Waals surface area contributed by atoms with Crippen molar-refractivity contribution in [2.24, 2.45) is 0 Å². The van der Waals surface area contributed by atoms with E-state index in [1.165, 1.54) is 0 Å². The fourth-order valence-electron chi connectivity index (χ4n) is 1.10. The van der Waals surface area contributed by atoms with Gasteiger partial charge in [0.25, 0.3) is 0 Å². The van der Waals surface area contributed by atoms with E-state index in [0.717, 1.165) is 9.53 Å². The second-order valence-corrected chi connectivity index (χ2v) is 4.22. The molecule has 1 rings (SSSR count). The van der Waals surface area contributed by atoms with Crippen LogP contribution in [0, 0.1) is 3.77 Å². The zero-order chi connectivity index (χ0) is 11.8. The van der Waals surface area contributed by atoms with Crippen LogP contribution in [0.15, 0.2) is 16.5 Å². The minimum Gasteiger partial charge on any atom is -0.454 e. The maximum Gasteiger partial charge on any atom is 0.234 e. The third kappa shape index (κ3) is 5.47. The molecular formula is C10H15IN2O3. The summed E-state index contributed by atoms with van der Waals surface area (Å²) in [6.07, 6.45) is 0. The highest BCUT2D eigenvalue weighted by Gasteiger charge is 2.02. The van der Waals surface area contributed by atoms with E-state index in [2.05, 4.69) is 33.2 Å². The Morgan fingerprint density at radius 2 is 2.38 bits per heavy atom. The Morgan fingerprint density at radius 1 is 1.56 bits per heavy atom. The molecule has 0 aromatic carbocycles. The standard InChI is InChI=1S/C10H15IN2O3/c1-15-5-4-13-10(14)7-12-6-8-2-3-9(11)16-8/h2-3,12H,4-7H2,1H3,(H,13,14). The summed E-state index contributed by atoms with van der Waals surface area (Å²) in [6, 6.07) is 3.77. The van der Waals surface area contributed by atoms with Crippen LogP contribution >= 0.6 is 22.6 Å². The number of halogens is 1. The van der Waals surface area contributed by atoms with Crippen LogP contribution in [0.2, 0.25) is 0 Å². The van der Waals surface area contributed by atoms with E-state index in [0.29, 0.717) is 19.7 Å². The van der Waals surface area contributed by atoms with Gasteiger partial charge in [-0.2, -0.15) is 0 Å². The van der Waals surface area contributed by atoms with Crippen molar-refractivity contribution in [1.82, 2.24) is 10.6 Å². The first-order chi connectivity index (χ1) is 7.72. The summed E-state index contributed by atoms with van der Waals surface area (Å²) in [5.41, 5.74) is 0. The van der Waals surface area contributed by atoms with Crippen LogP contribution in [-0.4, -0.2) is 32.7 Å². The van der Waals surface area contributed by atoms with Gasteiger partial charge in [-0.1, -0.05) is 0 Å². The molecular weight excluding hydrogens is 323 g/mol. The summed E-state index contributed by atoms with van der Waals surface area (Å²) in [7, 11) is 1.60. The lowest BCUT2D eigenvalue weighted by atomic mass is 10.4. The summed E-state index contributed by atoms with van der Waals surface area (Å²) in [4.78, 5) is 11.3. The molecule has 90 valence electrons. The second-order valence-electron chi connectivity index (χ2n) is 3.15. The van der Waals surface area contributed by atoms with E-state index in [1.54, 1.807) is 7.11 Å². The Morgan fingerprint density at radius 3 is 3.00 bits per heavy atom. The average molecular weight is 338 g/mol. The van der Waals surface area contributed by atoms with Gasteiger partial charge < -0.3 is 19.8 Å². The van der Waals surface area contributed by atoms with Gasteiger partial charge in [-0.15, -0.1) is 0 Å². The Hall–Kier alpha value is -0.600. The molecule has 0 fully saturated rings. The normalized spacial score (nSPS) is 10.4. The third-order valence-electron chi connectivity index (χ3n) is 1.84. The quantitative estimate of drug-likeness (QED) is 0.569. The van der Waals surface area contributed by atoms with Gasteiger partial charge in [0.05, 0.1) is 19.7 Å². The number of hydrogen-bond acceptors (Lipinski definition) is 4. The van der Waals surface area contributed by atoms with Gasteiger partial charge >= 0.3 is 0 Å². The Balaban J connectivity index is 2.08. The Kier molecular flexibility index (Phi) is 6.43. The lowest BCUT2D eigenvalue weighted by molar-refractivity contribution is -0.120. The first kappa shape index (κ1) is 13.5. The van der Waals surface area contributed by atoms with Gasteiger partial charge in [0.15, 0.2) is 3.77 Å². The van der Waals surface area contributed by atoms with Crippen LogP contribution in [-0.2, 0) is 16.1 Å². The maximum absolute atomic E-state index is 11.3. The van der Waals surface area contributed by atoms with Crippen molar-refractivity contribution >= 4 is 28.5 Å². The molecule has 0 atom stereocenters. The van der Waals surface area contributed by atoms with Crippen LogP contribution in [0.25, 0.3) is 0 Å². The summed E-state index contributed by atoms with van der Waals surface area (Å²) in [6.45, 7) is 1.90. The molecule has 16 heavy (non-hydrogen) atoms. The van der Waals surface area contributed by atoms with Crippen LogP contribution < -0.4 is 10.6 Å². The number of methoxy groups -OCH3 is 1. The molecule has 6 heteroatoms. The third-order valence-corrected chi connectivity index (χ3v) is 2.42. The molecule has 1 aromatic heterocycles. The molecule has 0 saturated carbocycles. The van der Waals surface area contributed by atoms with Crippen LogP contribution in [0.3, 0.4) is 0 Å². The molecule has 5 nitrogen and oxygen atoms in total. The number of furan rings is 1. The van der Waals surface area contributed by atoms with Gasteiger partial charge in [0, 0.05) is 13.7 Å². The predicted octanol–water partition coefficient (Wildman–Crippen LogP) is 0.736. The first-order valence-corrected chi connectivity index (χ1v) is 6.01. The van der Waals surface area contributed by atoms with Gasteiger partial charge in [-0.25, -0.2) is 0 Å². The monoisotopic (exact) mass is 338 g/mol. The fourth-order valence-corrected chi connectivity index (χ4v) is 1.56. The highest BCUT2D eigenvalue weighted by Crippen LogP contribution is 2.09. The SMILES string of the molecule is COCCNC(=O)CNCc1ccc(I)o1. The van der Waals surface area contributed by atoms with E-state index in [9.17, 15) is 4.79 Å². The van der Waals surface area contributed by atoms with Crippen molar-refractivity contribution in [3.8, 4) is 0 Å². The highest BCUT2D eigenvalue weighted by atomic mass is 127. The Labute approximate surface area is 108 Å². The fraction of sp³-hybridized carbons (Fsp3) is 0.500. The largest absolute Gasteiger partial charge is 0.454 e. The number of ether oxygens (including phenoxy) is 1. The lowest BCUT2D eigenvalue weighted by Gasteiger charge is -2.04. The number of nitrogens with one attached hydrogen (secondary N) is 2. The van der Waals surface area contributed by atoms with Gasteiger partial charge in [-0.05, 0) is 34.7 Å². The zero-order valence-electron chi connectivity index (χ0n) is 9.09. The van der Waals surface area contributed by atoms with E-state index >= 15 is 0 Å². The van der Waals surface area contributed by atoms with E-state index in [-0.39, 0.29) is 12.5 Å². The molecule has 1 heterocycles. The molecule has 1 aromatic rings. The molecule has 2 N–H and O–H groups in total. The van der Waals surface area contributed by atoms with Gasteiger partial charge in [-0.3, -0.25) is 4.79 Å². The van der Waals surface area contributed by atoms with E-state index < -0.39 is 0 Å². The summed E-state index contributed by atoms with van der Waals surface area (Å²) in [5.74, 6) is 0.785. The molecule has 1 amide bonds. The summed E-state index contributed by atoms with van der Waals surface area (Å²) in [5, 5.41) is 5.71. The van der Waals surface area contributed by atoms with Gasteiger partial charge in [0.2, 0.25) is 5.91 Å². The van der Waals surface area contributed by atoms with Crippen molar-refractivity contribution in [2.45, 2.75) is 6.54 Å². The van der Waals surface area contributed by atoms with E-state index in [4.69, 9.17) is 9.15 Å². The Bertz CT molecular complexity index is 328. The number of amides is 1. The predicted molar refractivity (Wildman–Crippen MR) is 68.0 cm³/mol. The summed E-state index contributed by atoms with van der Waals surface area (Å²) < 4.78 is 11.0. The molecule has 0 aliphatic rings. The number of hydrogen-bond donors (Lipinski definition) is 2. The van der Waals surface area contributed by atoms with Crippen LogP contribution in [0.5, 0.6) is 0 Å². The zero-order valence-corrected chi connectivity index (χ0v) is 11.2. The van der Waals surface area contributed by atoms with Crippen LogP contribution in [0.1, 0.15) is 5.76 Å². The molecule has 0 bridgehead atoms. The summed E-state index contributed by atoms with van der Waals surface area (Å²) >= 11 is 2.10. The maximum atomic E-state index is 11.3. The number of carbonyl (C=O) groups is 1. The lowest BCUT2D eigenvalue weighted by Crippen LogP contribution is -2.35. The molecule has 0 spiro atoms. The average Bonchev–Trinajstić information content (AvgIpc) is 2.65. The van der Waals surface area contributed by atoms with Gasteiger partial charge in [0.1, 0.15) is 5.76 Å². The number of rotatable bonds is 7. The topological polar surface area (TPSA) is 63.5 Å².